The van der Waals surface area contributed by atoms with Gasteiger partial charge in [0, 0.05) is 5.56 Å². The molecule has 3 aliphatic rings. The predicted octanol–water partition coefficient (Wildman–Crippen LogP) is 9.38. The molecule has 0 spiro atoms. The van der Waals surface area contributed by atoms with Crippen LogP contribution in [0.15, 0.2) is 18.2 Å². The summed E-state index contributed by atoms with van der Waals surface area (Å²) in [4.78, 5) is 0. The first kappa shape index (κ1) is 22.4. The molecule has 0 N–H and O–H groups in total. The number of aryl methyl sites for hydroxylation is 1. The molecule has 166 valence electrons. The summed E-state index contributed by atoms with van der Waals surface area (Å²) in [6.07, 6.45) is 20.2. The lowest BCUT2D eigenvalue weighted by atomic mass is 9.65. The van der Waals surface area contributed by atoms with E-state index in [9.17, 15) is 4.39 Å². The molecule has 0 radical (unpaired) electrons. The van der Waals surface area contributed by atoms with Gasteiger partial charge in [-0.2, -0.15) is 0 Å². The Morgan fingerprint density at radius 2 is 1.47 bits per heavy atom. The molecule has 0 amide bonds. The Morgan fingerprint density at radius 1 is 0.867 bits per heavy atom. The monoisotopic (exact) mass is 430 g/mol. The van der Waals surface area contributed by atoms with E-state index in [0.717, 1.165) is 53.6 Å². The molecule has 2 heteroatoms. The quantitative estimate of drug-likeness (QED) is 0.436. The van der Waals surface area contributed by atoms with E-state index in [1.54, 1.807) is 0 Å². The largest absolute Gasteiger partial charge is 0.205 e. The van der Waals surface area contributed by atoms with Gasteiger partial charge < -0.3 is 0 Å². The number of hydrogen-bond donors (Lipinski definition) is 0. The van der Waals surface area contributed by atoms with Crippen LogP contribution < -0.4 is 0 Å². The van der Waals surface area contributed by atoms with E-state index in [0.29, 0.717) is 0 Å². The first-order chi connectivity index (χ1) is 14.6. The Morgan fingerprint density at radius 3 is 2.03 bits per heavy atom. The average Bonchev–Trinajstić information content (AvgIpc) is 2.79. The van der Waals surface area contributed by atoms with E-state index >= 15 is 0 Å². The molecule has 0 bridgehead atoms. The summed E-state index contributed by atoms with van der Waals surface area (Å²) in [5.41, 5.74) is 2.72. The summed E-state index contributed by atoms with van der Waals surface area (Å²) >= 11 is 6.15. The third-order valence-corrected chi connectivity index (χ3v) is 9.27. The maximum atomic E-state index is 14.6. The first-order valence-electron chi connectivity index (χ1n) is 12.7. The Kier molecular flexibility index (Phi) is 7.61. The maximum Gasteiger partial charge on any atom is 0.149 e. The molecule has 1 aromatic rings. The van der Waals surface area contributed by atoms with Gasteiger partial charge in [0.15, 0.2) is 0 Å². The lowest BCUT2D eigenvalue weighted by Crippen LogP contribution is -2.28. The molecule has 0 aliphatic heterocycles. The van der Waals surface area contributed by atoms with Crippen molar-refractivity contribution in [2.45, 2.75) is 97.3 Å². The van der Waals surface area contributed by atoms with Gasteiger partial charge in [-0.05, 0) is 105 Å². The predicted molar refractivity (Wildman–Crippen MR) is 127 cm³/mol. The van der Waals surface area contributed by atoms with Gasteiger partial charge in [-0.1, -0.05) is 62.4 Å². The van der Waals surface area contributed by atoms with Crippen molar-refractivity contribution in [2.24, 2.45) is 29.6 Å². The summed E-state index contributed by atoms with van der Waals surface area (Å²) in [5, 5.41) is 0.289. The topological polar surface area (TPSA) is 0 Å². The van der Waals surface area contributed by atoms with Crippen LogP contribution in [0.3, 0.4) is 0 Å². The molecule has 3 aliphatic carbocycles. The first-order valence-corrected chi connectivity index (χ1v) is 13.1. The summed E-state index contributed by atoms with van der Waals surface area (Å²) < 4.78 is 14.6. The van der Waals surface area contributed by atoms with E-state index in [4.69, 9.17) is 11.6 Å². The second-order valence-corrected chi connectivity index (χ2v) is 10.9. The van der Waals surface area contributed by atoms with Crippen LogP contribution in [0, 0.1) is 42.3 Å². The molecule has 0 nitrogen and oxygen atoms in total. The summed E-state index contributed by atoms with van der Waals surface area (Å²) in [6, 6.07) is 3.87. The normalized spacial score (nSPS) is 32.7. The van der Waals surface area contributed by atoms with Gasteiger partial charge >= 0.3 is 0 Å². The molecular formula is C28H40ClF. The van der Waals surface area contributed by atoms with Crippen LogP contribution in [-0.2, 0) is 0 Å². The van der Waals surface area contributed by atoms with Crippen molar-refractivity contribution < 1.29 is 4.39 Å². The van der Waals surface area contributed by atoms with Crippen molar-refractivity contribution in [3.8, 4) is 0 Å². The zero-order valence-corrected chi connectivity index (χ0v) is 19.8. The number of rotatable bonds is 5. The molecule has 0 heterocycles. The highest BCUT2D eigenvalue weighted by molar-refractivity contribution is 6.31. The molecule has 0 saturated heterocycles. The van der Waals surface area contributed by atoms with Crippen molar-refractivity contribution in [3.05, 3.63) is 40.2 Å². The number of halogens is 2. The van der Waals surface area contributed by atoms with Crippen LogP contribution in [0.2, 0.25) is 5.02 Å². The van der Waals surface area contributed by atoms with Crippen LogP contribution in [0.4, 0.5) is 4.39 Å². The van der Waals surface area contributed by atoms with E-state index in [1.165, 1.54) is 76.2 Å². The van der Waals surface area contributed by atoms with E-state index in [2.05, 4.69) is 13.0 Å². The Hall–Kier alpha value is -0.820. The number of allylic oxidation sites excluding steroid dienone is 2. The lowest BCUT2D eigenvalue weighted by molar-refractivity contribution is 0.121. The van der Waals surface area contributed by atoms with Gasteiger partial charge in [-0.15, -0.1) is 0 Å². The molecular weight excluding hydrogens is 391 g/mol. The Bertz CT molecular complexity index is 735. The zero-order valence-electron chi connectivity index (χ0n) is 19.1. The van der Waals surface area contributed by atoms with Crippen LogP contribution in [0.25, 0.3) is 5.57 Å². The minimum absolute atomic E-state index is 0.226. The van der Waals surface area contributed by atoms with Crippen molar-refractivity contribution in [1.29, 1.82) is 0 Å². The van der Waals surface area contributed by atoms with Crippen molar-refractivity contribution in [2.75, 3.05) is 0 Å². The van der Waals surface area contributed by atoms with Gasteiger partial charge in [0.05, 0.1) is 5.02 Å². The van der Waals surface area contributed by atoms with Crippen LogP contribution >= 0.6 is 11.6 Å². The second kappa shape index (κ2) is 10.2. The average molecular weight is 431 g/mol. The number of hydrogen-bond acceptors (Lipinski definition) is 0. The Labute approximate surface area is 188 Å². The molecule has 1 atom stereocenters. The van der Waals surface area contributed by atoms with Gasteiger partial charge in [0.2, 0.25) is 0 Å². The molecule has 4 rings (SSSR count). The fourth-order valence-electron chi connectivity index (χ4n) is 6.87. The number of benzene rings is 1. The summed E-state index contributed by atoms with van der Waals surface area (Å²) in [7, 11) is 0. The van der Waals surface area contributed by atoms with Crippen molar-refractivity contribution >= 4 is 17.2 Å². The maximum absolute atomic E-state index is 14.6. The van der Waals surface area contributed by atoms with E-state index in [1.807, 2.05) is 19.1 Å². The van der Waals surface area contributed by atoms with Crippen LogP contribution in [-0.4, -0.2) is 0 Å². The third-order valence-electron chi connectivity index (χ3n) is 8.81. The van der Waals surface area contributed by atoms with Crippen molar-refractivity contribution in [3.63, 3.8) is 0 Å². The van der Waals surface area contributed by atoms with Crippen molar-refractivity contribution in [1.82, 2.24) is 0 Å². The minimum Gasteiger partial charge on any atom is -0.205 e. The SMILES string of the molecule is CCCC1CCC(C2CCC(C3CC=C(c4ccc(C)c(Cl)c4F)CC3)CC2)CC1. The lowest BCUT2D eigenvalue weighted by Gasteiger charge is -2.40. The molecule has 2 saturated carbocycles. The van der Waals surface area contributed by atoms with Gasteiger partial charge in [-0.25, -0.2) is 4.39 Å². The Balaban J connectivity index is 1.27. The van der Waals surface area contributed by atoms with E-state index in [-0.39, 0.29) is 10.8 Å². The molecule has 1 aromatic carbocycles. The summed E-state index contributed by atoms with van der Waals surface area (Å²) in [5.74, 6) is 4.52. The van der Waals surface area contributed by atoms with Crippen LogP contribution in [0.5, 0.6) is 0 Å². The van der Waals surface area contributed by atoms with Gasteiger partial charge in [0.25, 0.3) is 0 Å². The fourth-order valence-corrected chi connectivity index (χ4v) is 7.03. The van der Waals surface area contributed by atoms with Crippen LogP contribution in [0.1, 0.15) is 102 Å². The smallest absolute Gasteiger partial charge is 0.149 e. The highest BCUT2D eigenvalue weighted by Gasteiger charge is 2.33. The standard InChI is InChI=1S/C28H40ClF/c1-3-4-20-6-8-21(9-7-20)22-10-12-23(13-11-22)24-14-16-25(17-15-24)26-18-5-19(2)27(29)28(26)30/h5,16,18,20-24H,3-4,6-15,17H2,1-2H3. The molecule has 30 heavy (non-hydrogen) atoms. The highest BCUT2D eigenvalue weighted by atomic mass is 35.5. The van der Waals surface area contributed by atoms with Gasteiger partial charge in [0.1, 0.15) is 5.82 Å². The molecule has 2 fully saturated rings. The highest BCUT2D eigenvalue weighted by Crippen LogP contribution is 2.46. The second-order valence-electron chi connectivity index (χ2n) is 10.6. The third kappa shape index (κ3) is 4.98. The zero-order chi connectivity index (χ0) is 21.1. The minimum atomic E-state index is -0.226. The van der Waals surface area contributed by atoms with Gasteiger partial charge in [-0.3, -0.25) is 0 Å². The van der Waals surface area contributed by atoms with E-state index < -0.39 is 0 Å². The molecule has 1 unspecified atom stereocenters. The fraction of sp³-hybridized carbons (Fsp3) is 0.714. The summed E-state index contributed by atoms with van der Waals surface area (Å²) in [6.45, 7) is 4.21. The molecule has 0 aromatic heterocycles.